The number of nitrogens with one attached hydrogen (secondary N) is 1. The maximum atomic E-state index is 12.2. The fourth-order valence-electron chi connectivity index (χ4n) is 2.78. The summed E-state index contributed by atoms with van der Waals surface area (Å²) in [5.74, 6) is -0.621. The molecule has 9 nitrogen and oxygen atoms in total. The minimum Gasteiger partial charge on any atom is -0.484 e. The Labute approximate surface area is 156 Å². The molecule has 0 saturated carbocycles. The Kier molecular flexibility index (Phi) is 6.05. The summed E-state index contributed by atoms with van der Waals surface area (Å²) in [5.41, 5.74) is 0.666. The molecular formula is C18H21N3O6. The molecule has 27 heavy (non-hydrogen) atoms. The van der Waals surface area contributed by atoms with Gasteiger partial charge in [0.15, 0.2) is 6.61 Å². The molecule has 144 valence electrons. The number of rotatable bonds is 7. The first-order chi connectivity index (χ1) is 13.1. The Morgan fingerprint density at radius 3 is 2.78 bits per heavy atom. The molecule has 1 fully saturated rings. The van der Waals surface area contributed by atoms with E-state index in [9.17, 15) is 14.4 Å². The third-order valence-corrected chi connectivity index (χ3v) is 4.17. The highest BCUT2D eigenvalue weighted by molar-refractivity contribution is 6.17. The van der Waals surface area contributed by atoms with Gasteiger partial charge in [-0.15, -0.1) is 0 Å². The molecule has 9 heteroatoms. The number of benzene rings is 1. The fraction of sp³-hybridized carbons (Fsp3) is 0.389. The summed E-state index contributed by atoms with van der Waals surface area (Å²) in [6, 6.07) is 6.76. The van der Waals surface area contributed by atoms with E-state index in [4.69, 9.17) is 14.6 Å². The number of nitrogens with zero attached hydrogens (tertiary/aromatic N) is 2. The van der Waals surface area contributed by atoms with Crippen molar-refractivity contribution in [3.05, 3.63) is 36.0 Å². The van der Waals surface area contributed by atoms with Crippen LogP contribution in [0.5, 0.6) is 5.75 Å². The first-order valence-corrected chi connectivity index (χ1v) is 8.62. The molecule has 0 bridgehead atoms. The molecule has 0 spiro atoms. The Morgan fingerprint density at radius 1 is 1.26 bits per heavy atom. The molecule has 2 aliphatic heterocycles. The van der Waals surface area contributed by atoms with Crippen molar-refractivity contribution in [2.24, 2.45) is 0 Å². The minimum absolute atomic E-state index is 0.0495. The molecule has 2 aliphatic rings. The van der Waals surface area contributed by atoms with Crippen molar-refractivity contribution in [1.82, 2.24) is 9.80 Å². The highest BCUT2D eigenvalue weighted by Crippen LogP contribution is 2.21. The number of aliphatic hydroxyl groups is 1. The van der Waals surface area contributed by atoms with Crippen LogP contribution in [0.4, 0.5) is 5.69 Å². The van der Waals surface area contributed by atoms with Crippen molar-refractivity contribution in [1.29, 1.82) is 0 Å². The van der Waals surface area contributed by atoms with Crippen LogP contribution in [0, 0.1) is 0 Å². The van der Waals surface area contributed by atoms with E-state index in [-0.39, 0.29) is 31.4 Å². The van der Waals surface area contributed by atoms with Crippen molar-refractivity contribution in [2.75, 3.05) is 51.4 Å². The standard InChI is InChI=1S/C18H21N3O6/c22-7-4-21-16(23)11-15(18(21)25)19-13-2-1-3-14(10-13)27-12-17(24)20-5-8-26-9-6-20/h1-3,10-11,19,22H,4-9,12H2. The molecule has 0 aliphatic carbocycles. The van der Waals surface area contributed by atoms with Crippen molar-refractivity contribution in [3.63, 3.8) is 0 Å². The van der Waals surface area contributed by atoms with Crippen molar-refractivity contribution < 1.29 is 29.0 Å². The van der Waals surface area contributed by atoms with Crippen LogP contribution in [-0.4, -0.2) is 78.7 Å². The topological polar surface area (TPSA) is 108 Å². The molecule has 2 heterocycles. The zero-order valence-electron chi connectivity index (χ0n) is 14.7. The predicted octanol–water partition coefficient (Wildman–Crippen LogP) is -0.419. The van der Waals surface area contributed by atoms with E-state index in [1.54, 1.807) is 29.2 Å². The number of hydrogen-bond donors (Lipinski definition) is 2. The quantitative estimate of drug-likeness (QED) is 0.623. The minimum atomic E-state index is -0.497. The van der Waals surface area contributed by atoms with E-state index >= 15 is 0 Å². The van der Waals surface area contributed by atoms with Crippen LogP contribution in [0.2, 0.25) is 0 Å². The molecule has 1 saturated heterocycles. The molecule has 3 amide bonds. The van der Waals surface area contributed by atoms with Crippen LogP contribution in [0.3, 0.4) is 0 Å². The van der Waals surface area contributed by atoms with Gasteiger partial charge in [-0.05, 0) is 12.1 Å². The second-order valence-electron chi connectivity index (χ2n) is 6.01. The van der Waals surface area contributed by atoms with Crippen LogP contribution in [0.15, 0.2) is 36.0 Å². The number of carbonyl (C=O) groups excluding carboxylic acids is 3. The number of ether oxygens (including phenoxy) is 2. The predicted molar refractivity (Wildman–Crippen MR) is 94.8 cm³/mol. The van der Waals surface area contributed by atoms with Gasteiger partial charge < -0.3 is 24.8 Å². The average Bonchev–Trinajstić information content (AvgIpc) is 2.95. The lowest BCUT2D eigenvalue weighted by molar-refractivity contribution is -0.138. The van der Waals surface area contributed by atoms with E-state index in [0.29, 0.717) is 37.7 Å². The van der Waals surface area contributed by atoms with Crippen molar-refractivity contribution >= 4 is 23.4 Å². The van der Waals surface area contributed by atoms with E-state index in [1.807, 2.05) is 0 Å². The highest BCUT2D eigenvalue weighted by Gasteiger charge is 2.30. The molecule has 0 radical (unpaired) electrons. The summed E-state index contributed by atoms with van der Waals surface area (Å²) in [6.45, 7) is 1.73. The van der Waals surface area contributed by atoms with Gasteiger partial charge >= 0.3 is 0 Å². The summed E-state index contributed by atoms with van der Waals surface area (Å²) >= 11 is 0. The smallest absolute Gasteiger partial charge is 0.277 e. The third-order valence-electron chi connectivity index (χ3n) is 4.17. The zero-order valence-corrected chi connectivity index (χ0v) is 14.7. The first-order valence-electron chi connectivity index (χ1n) is 8.62. The SMILES string of the molecule is O=C(COc1cccc(NC2=CC(=O)N(CCO)C2=O)c1)N1CCOCC1. The van der Waals surface area contributed by atoms with Gasteiger partial charge in [-0.1, -0.05) is 6.07 Å². The van der Waals surface area contributed by atoms with E-state index < -0.39 is 11.8 Å². The molecule has 2 N–H and O–H groups in total. The molecule has 0 atom stereocenters. The van der Waals surface area contributed by atoms with Gasteiger partial charge in [0.25, 0.3) is 17.7 Å². The second kappa shape index (κ2) is 8.65. The summed E-state index contributed by atoms with van der Waals surface area (Å²) in [4.78, 5) is 38.7. The lowest BCUT2D eigenvalue weighted by Gasteiger charge is -2.26. The fourth-order valence-corrected chi connectivity index (χ4v) is 2.78. The van der Waals surface area contributed by atoms with Crippen LogP contribution < -0.4 is 10.1 Å². The number of morpholine rings is 1. The van der Waals surface area contributed by atoms with Crippen molar-refractivity contribution in [2.45, 2.75) is 0 Å². The maximum Gasteiger partial charge on any atom is 0.277 e. The Balaban J connectivity index is 1.57. The summed E-state index contributed by atoms with van der Waals surface area (Å²) in [6.07, 6.45) is 1.19. The normalized spacial score (nSPS) is 17.1. The summed E-state index contributed by atoms with van der Waals surface area (Å²) in [5, 5.41) is 11.8. The van der Waals surface area contributed by atoms with Crippen molar-refractivity contribution in [3.8, 4) is 5.75 Å². The number of anilines is 1. The van der Waals surface area contributed by atoms with Gasteiger partial charge in [-0.2, -0.15) is 0 Å². The average molecular weight is 375 g/mol. The van der Waals surface area contributed by atoms with Crippen LogP contribution in [0.1, 0.15) is 0 Å². The zero-order chi connectivity index (χ0) is 19.2. The number of amides is 3. The van der Waals surface area contributed by atoms with E-state index in [1.165, 1.54) is 6.08 Å². The van der Waals surface area contributed by atoms with Gasteiger partial charge in [0.2, 0.25) is 0 Å². The van der Waals surface area contributed by atoms with Gasteiger partial charge in [0.05, 0.1) is 26.4 Å². The Bertz CT molecular complexity index is 757. The summed E-state index contributed by atoms with van der Waals surface area (Å²) < 4.78 is 10.8. The van der Waals surface area contributed by atoms with Gasteiger partial charge in [0, 0.05) is 30.9 Å². The highest BCUT2D eigenvalue weighted by atomic mass is 16.5. The van der Waals surface area contributed by atoms with Gasteiger partial charge in [-0.3, -0.25) is 19.3 Å². The molecule has 1 aromatic carbocycles. The second-order valence-corrected chi connectivity index (χ2v) is 6.01. The number of β-amino-alcohol motifs (C(OH)–C–C–N with tert-alkyl or cyclic N) is 1. The molecule has 0 aromatic heterocycles. The lowest BCUT2D eigenvalue weighted by atomic mass is 10.3. The van der Waals surface area contributed by atoms with Crippen LogP contribution >= 0.6 is 0 Å². The molecule has 0 unspecified atom stereocenters. The van der Waals surface area contributed by atoms with Gasteiger partial charge in [0.1, 0.15) is 11.4 Å². The number of imide groups is 1. The molecule has 1 aromatic rings. The maximum absolute atomic E-state index is 12.2. The summed E-state index contributed by atoms with van der Waals surface area (Å²) in [7, 11) is 0. The largest absolute Gasteiger partial charge is 0.484 e. The number of carbonyl (C=O) groups is 3. The number of aliphatic hydroxyl groups excluding tert-OH is 1. The first kappa shape index (κ1) is 18.9. The Morgan fingerprint density at radius 2 is 2.04 bits per heavy atom. The van der Waals surface area contributed by atoms with Crippen LogP contribution in [0.25, 0.3) is 0 Å². The van der Waals surface area contributed by atoms with E-state index in [0.717, 1.165) is 4.90 Å². The number of hydrogen-bond acceptors (Lipinski definition) is 7. The third kappa shape index (κ3) is 4.63. The van der Waals surface area contributed by atoms with E-state index in [2.05, 4.69) is 5.32 Å². The molecule has 3 rings (SSSR count). The molecular weight excluding hydrogens is 354 g/mol. The van der Waals surface area contributed by atoms with Crippen LogP contribution in [-0.2, 0) is 19.1 Å². The van der Waals surface area contributed by atoms with Gasteiger partial charge in [-0.25, -0.2) is 0 Å². The lowest BCUT2D eigenvalue weighted by Crippen LogP contribution is -2.42. The monoisotopic (exact) mass is 375 g/mol. The Hall–Kier alpha value is -2.91.